The van der Waals surface area contributed by atoms with E-state index in [1.165, 1.54) is 0 Å². The van der Waals surface area contributed by atoms with Gasteiger partial charge in [0.1, 0.15) is 0 Å². The van der Waals surface area contributed by atoms with Crippen LogP contribution in [0.4, 0.5) is 5.69 Å². The number of nitrogens with zero attached hydrogens (tertiary/aromatic N) is 1. The van der Waals surface area contributed by atoms with Gasteiger partial charge in [-0.3, -0.25) is 4.79 Å². The highest BCUT2D eigenvalue weighted by Crippen LogP contribution is 2.28. The van der Waals surface area contributed by atoms with E-state index < -0.39 is 22.2 Å². The predicted octanol–water partition coefficient (Wildman–Crippen LogP) is 4.42. The Morgan fingerprint density at radius 1 is 0.955 bits per heavy atom. The molecule has 0 heterocycles. The van der Waals surface area contributed by atoms with Crippen LogP contribution in [-0.2, 0) is 13.7 Å². The first-order valence-corrected chi connectivity index (χ1v) is 14.4. The molecule has 0 amide bonds. The molecule has 0 saturated carbocycles. The van der Waals surface area contributed by atoms with Gasteiger partial charge in [0.05, 0.1) is 5.69 Å². The summed E-state index contributed by atoms with van der Waals surface area (Å²) in [6, 6.07) is 9.72. The molecule has 124 valence electrons. The summed E-state index contributed by atoms with van der Waals surface area (Å²) in [5.41, 5.74) is -0.0236. The van der Waals surface area contributed by atoms with E-state index in [1.807, 2.05) is 63.8 Å². The van der Waals surface area contributed by atoms with Crippen LogP contribution in [0.3, 0.4) is 0 Å². The standard InChI is InChI=1S/C16H29NO3Si2/c1-16(2,15(18)19-21(3,4)5)17(20-22(6,7)8)14-12-10-9-11-13-14/h9-13H,1-8H3. The molecule has 0 saturated heterocycles. The van der Waals surface area contributed by atoms with E-state index in [9.17, 15) is 4.79 Å². The molecule has 0 bridgehead atoms. The zero-order valence-electron chi connectivity index (χ0n) is 15.1. The van der Waals surface area contributed by atoms with E-state index in [2.05, 4.69) is 19.6 Å². The van der Waals surface area contributed by atoms with E-state index in [1.54, 1.807) is 5.06 Å². The zero-order valence-corrected chi connectivity index (χ0v) is 17.1. The smallest absolute Gasteiger partial charge is 0.320 e. The molecule has 1 aromatic rings. The molecule has 1 rings (SSSR count). The summed E-state index contributed by atoms with van der Waals surface area (Å²) in [6.07, 6.45) is 0. The summed E-state index contributed by atoms with van der Waals surface area (Å²) in [5.74, 6) is -0.242. The normalized spacial score (nSPS) is 12.9. The van der Waals surface area contributed by atoms with Crippen molar-refractivity contribution in [2.45, 2.75) is 58.7 Å². The maximum atomic E-state index is 12.7. The van der Waals surface area contributed by atoms with Gasteiger partial charge in [0.15, 0.2) is 5.54 Å². The lowest BCUT2D eigenvalue weighted by atomic mass is 10.1. The Morgan fingerprint density at radius 3 is 1.86 bits per heavy atom. The number of benzene rings is 1. The van der Waals surface area contributed by atoms with Crippen LogP contribution < -0.4 is 5.06 Å². The van der Waals surface area contributed by atoms with Gasteiger partial charge in [-0.05, 0) is 65.3 Å². The Morgan fingerprint density at radius 2 is 1.45 bits per heavy atom. The van der Waals surface area contributed by atoms with E-state index >= 15 is 0 Å². The van der Waals surface area contributed by atoms with Crippen LogP contribution in [0.25, 0.3) is 0 Å². The lowest BCUT2D eigenvalue weighted by Gasteiger charge is -2.41. The molecule has 4 nitrogen and oxygen atoms in total. The van der Waals surface area contributed by atoms with E-state index in [0.29, 0.717) is 0 Å². The summed E-state index contributed by atoms with van der Waals surface area (Å²) in [5, 5.41) is 1.72. The fourth-order valence-electron chi connectivity index (χ4n) is 1.81. The quantitative estimate of drug-likeness (QED) is 0.568. The first-order chi connectivity index (χ1) is 9.83. The van der Waals surface area contributed by atoms with Gasteiger partial charge < -0.3 is 8.95 Å². The van der Waals surface area contributed by atoms with Crippen molar-refractivity contribution in [3.63, 3.8) is 0 Å². The van der Waals surface area contributed by atoms with Crippen molar-refractivity contribution in [3.8, 4) is 0 Å². The van der Waals surface area contributed by atoms with Gasteiger partial charge in [0, 0.05) is 0 Å². The molecule has 0 spiro atoms. The number of hydrogen-bond donors (Lipinski definition) is 0. The highest BCUT2D eigenvalue weighted by atomic mass is 28.4. The van der Waals surface area contributed by atoms with Gasteiger partial charge in [-0.2, -0.15) is 0 Å². The summed E-state index contributed by atoms with van der Waals surface area (Å²) < 4.78 is 11.9. The van der Waals surface area contributed by atoms with Crippen LogP contribution >= 0.6 is 0 Å². The lowest BCUT2D eigenvalue weighted by molar-refractivity contribution is -0.142. The van der Waals surface area contributed by atoms with Gasteiger partial charge >= 0.3 is 5.97 Å². The summed E-state index contributed by atoms with van der Waals surface area (Å²) in [4.78, 5) is 12.7. The van der Waals surface area contributed by atoms with Crippen molar-refractivity contribution in [2.75, 3.05) is 5.06 Å². The van der Waals surface area contributed by atoms with E-state index in [-0.39, 0.29) is 5.97 Å². The van der Waals surface area contributed by atoms with Crippen molar-refractivity contribution < 1.29 is 13.7 Å². The van der Waals surface area contributed by atoms with Gasteiger partial charge in [0.2, 0.25) is 16.6 Å². The average molecular weight is 340 g/mol. The second-order valence-electron chi connectivity index (χ2n) is 7.89. The Balaban J connectivity index is 3.17. The molecule has 0 unspecified atom stereocenters. The SMILES string of the molecule is CC(C)(C(=O)O[Si](C)(C)C)N(O[Si](C)(C)C)c1ccccc1. The third kappa shape index (κ3) is 5.59. The third-order valence-electron chi connectivity index (χ3n) is 2.76. The van der Waals surface area contributed by atoms with Crippen LogP contribution in [0.15, 0.2) is 30.3 Å². The van der Waals surface area contributed by atoms with Crippen molar-refractivity contribution in [1.29, 1.82) is 0 Å². The van der Waals surface area contributed by atoms with E-state index in [0.717, 1.165) is 5.69 Å². The molecular formula is C16H29NO3Si2. The highest BCUT2D eigenvalue weighted by molar-refractivity contribution is 6.71. The minimum atomic E-state index is -1.96. The Labute approximate surface area is 136 Å². The van der Waals surface area contributed by atoms with Crippen molar-refractivity contribution >= 4 is 28.3 Å². The maximum absolute atomic E-state index is 12.7. The number of carbonyl (C=O) groups is 1. The molecule has 0 fully saturated rings. The molecular weight excluding hydrogens is 310 g/mol. The molecule has 22 heavy (non-hydrogen) atoms. The maximum Gasteiger partial charge on any atom is 0.320 e. The highest BCUT2D eigenvalue weighted by Gasteiger charge is 2.41. The van der Waals surface area contributed by atoms with Gasteiger partial charge in [0.25, 0.3) is 0 Å². The fourth-order valence-corrected chi connectivity index (χ4v) is 3.50. The topological polar surface area (TPSA) is 38.8 Å². The molecule has 0 radical (unpaired) electrons. The monoisotopic (exact) mass is 339 g/mol. The van der Waals surface area contributed by atoms with Crippen LogP contribution in [0.1, 0.15) is 13.8 Å². The first kappa shape index (κ1) is 18.9. The molecule has 0 aliphatic carbocycles. The van der Waals surface area contributed by atoms with Crippen molar-refractivity contribution in [1.82, 2.24) is 0 Å². The fraction of sp³-hybridized carbons (Fsp3) is 0.562. The van der Waals surface area contributed by atoms with Crippen LogP contribution in [0.2, 0.25) is 39.3 Å². The summed E-state index contributed by atoms with van der Waals surface area (Å²) in [6.45, 7) is 16.0. The second kappa shape index (κ2) is 6.56. The summed E-state index contributed by atoms with van der Waals surface area (Å²) >= 11 is 0. The second-order valence-corrected chi connectivity index (χ2v) is 16.7. The van der Waals surface area contributed by atoms with Crippen molar-refractivity contribution in [2.24, 2.45) is 0 Å². The van der Waals surface area contributed by atoms with Gasteiger partial charge in [-0.25, -0.2) is 5.06 Å². The average Bonchev–Trinajstić information content (AvgIpc) is 2.33. The number of hydrogen-bond acceptors (Lipinski definition) is 4. The Hall–Kier alpha value is -1.12. The Bertz CT molecular complexity index is 504. The molecule has 6 heteroatoms. The van der Waals surface area contributed by atoms with Crippen molar-refractivity contribution in [3.05, 3.63) is 30.3 Å². The molecule has 1 aromatic carbocycles. The molecule has 0 aromatic heterocycles. The van der Waals surface area contributed by atoms with Crippen LogP contribution in [0.5, 0.6) is 0 Å². The number of anilines is 1. The molecule has 0 N–H and O–H groups in total. The van der Waals surface area contributed by atoms with Crippen LogP contribution in [0, 0.1) is 0 Å². The minimum Gasteiger partial charge on any atom is -0.518 e. The number of rotatable bonds is 6. The zero-order chi connectivity index (χ0) is 17.2. The van der Waals surface area contributed by atoms with Gasteiger partial charge in [-0.15, -0.1) is 0 Å². The summed E-state index contributed by atoms with van der Waals surface area (Å²) in [7, 11) is -3.84. The van der Waals surface area contributed by atoms with Gasteiger partial charge in [-0.1, -0.05) is 18.2 Å². The largest absolute Gasteiger partial charge is 0.518 e. The minimum absolute atomic E-state index is 0.242. The molecule has 0 aliphatic heterocycles. The Kier molecular flexibility index (Phi) is 5.64. The number of carbonyl (C=O) groups excluding carboxylic acids is 1. The van der Waals surface area contributed by atoms with E-state index in [4.69, 9.17) is 8.95 Å². The third-order valence-corrected chi connectivity index (χ3v) is 4.29. The number of hydroxylamine groups is 1. The number of para-hydroxylation sites is 1. The van der Waals surface area contributed by atoms with Crippen LogP contribution in [-0.4, -0.2) is 28.1 Å². The molecule has 0 atom stereocenters. The molecule has 0 aliphatic rings. The first-order valence-electron chi connectivity index (χ1n) is 7.61. The predicted molar refractivity (Wildman–Crippen MR) is 96.9 cm³/mol. The lowest BCUT2D eigenvalue weighted by Crippen LogP contribution is -2.56.